The van der Waals surface area contributed by atoms with E-state index in [1.165, 1.54) is 0 Å². The van der Waals surface area contributed by atoms with E-state index >= 15 is 0 Å². The fourth-order valence-corrected chi connectivity index (χ4v) is 1.01. The van der Waals surface area contributed by atoms with Crippen LogP contribution < -0.4 is 0 Å². The number of hydrogen-bond donors (Lipinski definition) is 1. The molecule has 1 rings (SSSR count). The Morgan fingerprint density at radius 2 is 2.08 bits per heavy atom. The summed E-state index contributed by atoms with van der Waals surface area (Å²) < 4.78 is 0. The first kappa shape index (κ1) is 12.0. The molecule has 1 heterocycles. The normalized spacial score (nSPS) is 9.54. The van der Waals surface area contributed by atoms with E-state index in [0.717, 1.165) is 11.4 Å². The van der Waals surface area contributed by atoms with Gasteiger partial charge in [0.25, 0.3) is 0 Å². The summed E-state index contributed by atoms with van der Waals surface area (Å²) in [6, 6.07) is 0. The minimum atomic E-state index is 0.396. The van der Waals surface area contributed by atoms with E-state index in [9.17, 15) is 0 Å². The van der Waals surface area contributed by atoms with Gasteiger partial charge in [0, 0.05) is 0 Å². The summed E-state index contributed by atoms with van der Waals surface area (Å²) in [6.45, 7) is 9.54. The molecule has 0 aliphatic rings. The van der Waals surface area contributed by atoms with Crippen LogP contribution in [-0.2, 0) is 0 Å². The second kappa shape index (κ2) is 6.49. The average molecular weight is 199 g/mol. The molecule has 0 aliphatic carbocycles. The number of halogens is 1. The van der Waals surface area contributed by atoms with Crippen LogP contribution in [0.2, 0.25) is 5.28 Å². The highest BCUT2D eigenvalue weighted by atomic mass is 35.5. The van der Waals surface area contributed by atoms with Gasteiger partial charge < -0.3 is 4.98 Å². The molecule has 0 aromatic carbocycles. The molecule has 0 fully saturated rings. The SMILES string of the molecule is C=Cc1nc(Cl)[nH]c1/C=C\C.CC. The zero-order chi connectivity index (χ0) is 10.3. The fourth-order valence-electron chi connectivity index (χ4n) is 0.818. The number of nitrogens with zero attached hydrogens (tertiary/aromatic N) is 1. The largest absolute Gasteiger partial charge is 0.329 e. The third-order valence-electron chi connectivity index (χ3n) is 1.26. The molecular formula is C10H15ClN2. The van der Waals surface area contributed by atoms with Gasteiger partial charge in [-0.1, -0.05) is 26.5 Å². The Morgan fingerprint density at radius 3 is 2.54 bits per heavy atom. The summed E-state index contributed by atoms with van der Waals surface area (Å²) in [6.07, 6.45) is 5.48. The first-order chi connectivity index (χ1) is 6.27. The number of allylic oxidation sites excluding steroid dienone is 1. The van der Waals surface area contributed by atoms with E-state index in [0.29, 0.717) is 5.28 Å². The standard InChI is InChI=1S/C8H9ClN2.C2H6/c1-3-5-7-6(4-2)10-8(9)11-7;1-2/h3-5H,2H2,1H3,(H,10,11);1-2H3/b5-3-;. The molecule has 0 bridgehead atoms. The van der Waals surface area contributed by atoms with E-state index in [-0.39, 0.29) is 0 Å². The van der Waals surface area contributed by atoms with Crippen molar-refractivity contribution in [3.8, 4) is 0 Å². The van der Waals surface area contributed by atoms with E-state index in [4.69, 9.17) is 11.6 Å². The Kier molecular flexibility index (Phi) is 5.98. The zero-order valence-corrected chi connectivity index (χ0v) is 9.02. The molecule has 0 amide bonds. The number of hydrogen-bond acceptors (Lipinski definition) is 1. The quantitative estimate of drug-likeness (QED) is 0.770. The molecule has 1 aromatic rings. The molecule has 0 aliphatic heterocycles. The summed E-state index contributed by atoms with van der Waals surface area (Å²) in [4.78, 5) is 6.88. The molecular weight excluding hydrogens is 184 g/mol. The van der Waals surface area contributed by atoms with Gasteiger partial charge >= 0.3 is 0 Å². The molecule has 3 heteroatoms. The monoisotopic (exact) mass is 198 g/mol. The predicted molar refractivity (Wildman–Crippen MR) is 59.7 cm³/mol. The lowest BCUT2D eigenvalue weighted by Crippen LogP contribution is -1.74. The van der Waals surface area contributed by atoms with Crippen molar-refractivity contribution in [2.75, 3.05) is 0 Å². The molecule has 0 saturated heterocycles. The lowest BCUT2D eigenvalue weighted by molar-refractivity contribution is 1.30. The highest BCUT2D eigenvalue weighted by molar-refractivity contribution is 6.28. The number of aromatic nitrogens is 2. The van der Waals surface area contributed by atoms with Crippen LogP contribution in [0.4, 0.5) is 0 Å². The second-order valence-electron chi connectivity index (χ2n) is 2.03. The van der Waals surface area contributed by atoms with Crippen molar-refractivity contribution in [2.24, 2.45) is 0 Å². The van der Waals surface area contributed by atoms with Crippen LogP contribution in [-0.4, -0.2) is 9.97 Å². The molecule has 0 saturated carbocycles. The molecule has 13 heavy (non-hydrogen) atoms. The second-order valence-corrected chi connectivity index (χ2v) is 2.39. The number of imidazole rings is 1. The van der Waals surface area contributed by atoms with Gasteiger partial charge in [-0.05, 0) is 30.7 Å². The van der Waals surface area contributed by atoms with Crippen molar-refractivity contribution in [1.82, 2.24) is 9.97 Å². The minimum absolute atomic E-state index is 0.396. The zero-order valence-electron chi connectivity index (χ0n) is 8.26. The summed E-state index contributed by atoms with van der Waals surface area (Å²) in [5, 5.41) is 0.396. The molecule has 0 radical (unpaired) electrons. The third kappa shape index (κ3) is 3.47. The third-order valence-corrected chi connectivity index (χ3v) is 1.44. The van der Waals surface area contributed by atoms with E-state index in [2.05, 4.69) is 16.5 Å². The van der Waals surface area contributed by atoms with Crippen LogP contribution in [0.25, 0.3) is 12.2 Å². The van der Waals surface area contributed by atoms with Crippen molar-refractivity contribution in [3.63, 3.8) is 0 Å². The lowest BCUT2D eigenvalue weighted by atomic mass is 10.3. The Morgan fingerprint density at radius 1 is 1.46 bits per heavy atom. The van der Waals surface area contributed by atoms with Crippen LogP contribution in [0.3, 0.4) is 0 Å². The minimum Gasteiger partial charge on any atom is -0.329 e. The summed E-state index contributed by atoms with van der Waals surface area (Å²) >= 11 is 5.63. The Balaban J connectivity index is 0.000000671. The summed E-state index contributed by atoms with van der Waals surface area (Å²) in [5.74, 6) is 0. The topological polar surface area (TPSA) is 28.7 Å². The lowest BCUT2D eigenvalue weighted by Gasteiger charge is -1.85. The van der Waals surface area contributed by atoms with Crippen LogP contribution in [0.15, 0.2) is 12.7 Å². The molecule has 1 aromatic heterocycles. The fraction of sp³-hybridized carbons (Fsp3) is 0.300. The maximum Gasteiger partial charge on any atom is 0.201 e. The van der Waals surface area contributed by atoms with Gasteiger partial charge in [-0.15, -0.1) is 0 Å². The molecule has 0 spiro atoms. The number of H-pyrrole nitrogens is 1. The molecule has 1 N–H and O–H groups in total. The summed E-state index contributed by atoms with van der Waals surface area (Å²) in [7, 11) is 0. The van der Waals surface area contributed by atoms with Gasteiger partial charge in [0.15, 0.2) is 0 Å². The van der Waals surface area contributed by atoms with Crippen LogP contribution >= 0.6 is 11.6 Å². The first-order valence-corrected chi connectivity index (χ1v) is 4.66. The number of nitrogens with one attached hydrogen (secondary N) is 1. The van der Waals surface area contributed by atoms with Crippen LogP contribution in [0.1, 0.15) is 32.2 Å². The maximum atomic E-state index is 5.63. The van der Waals surface area contributed by atoms with Crippen molar-refractivity contribution < 1.29 is 0 Å². The first-order valence-electron chi connectivity index (χ1n) is 4.28. The maximum absolute atomic E-state index is 5.63. The molecule has 0 atom stereocenters. The average Bonchev–Trinajstić information content (AvgIpc) is 2.50. The molecule has 72 valence electrons. The molecule has 0 unspecified atom stereocenters. The van der Waals surface area contributed by atoms with E-state index in [1.54, 1.807) is 6.08 Å². The smallest absolute Gasteiger partial charge is 0.201 e. The van der Waals surface area contributed by atoms with Crippen molar-refractivity contribution in [2.45, 2.75) is 20.8 Å². The Labute approximate surface area is 84.3 Å². The van der Waals surface area contributed by atoms with Crippen LogP contribution in [0, 0.1) is 0 Å². The number of rotatable bonds is 2. The van der Waals surface area contributed by atoms with Crippen molar-refractivity contribution in [3.05, 3.63) is 29.3 Å². The van der Waals surface area contributed by atoms with E-state index in [1.807, 2.05) is 32.9 Å². The highest BCUT2D eigenvalue weighted by Gasteiger charge is 2.00. The Hall–Kier alpha value is -1.02. The predicted octanol–water partition coefficient (Wildman–Crippen LogP) is 3.77. The van der Waals surface area contributed by atoms with Crippen molar-refractivity contribution in [1.29, 1.82) is 0 Å². The van der Waals surface area contributed by atoms with E-state index < -0.39 is 0 Å². The number of aromatic amines is 1. The highest BCUT2D eigenvalue weighted by Crippen LogP contribution is 2.12. The van der Waals surface area contributed by atoms with Crippen LogP contribution in [0.5, 0.6) is 0 Å². The van der Waals surface area contributed by atoms with Gasteiger partial charge in [-0.2, -0.15) is 0 Å². The van der Waals surface area contributed by atoms with Gasteiger partial charge in [0.2, 0.25) is 5.28 Å². The van der Waals surface area contributed by atoms with Gasteiger partial charge in [-0.25, -0.2) is 4.98 Å². The van der Waals surface area contributed by atoms with Gasteiger partial charge in [0.05, 0.1) is 11.4 Å². The van der Waals surface area contributed by atoms with Crippen molar-refractivity contribution >= 4 is 23.8 Å². The Bertz CT molecular complexity index is 287. The summed E-state index contributed by atoms with van der Waals surface area (Å²) in [5.41, 5.74) is 1.68. The molecule has 2 nitrogen and oxygen atoms in total. The van der Waals surface area contributed by atoms with Gasteiger partial charge in [-0.3, -0.25) is 0 Å². The van der Waals surface area contributed by atoms with Gasteiger partial charge in [0.1, 0.15) is 0 Å².